The highest BCUT2D eigenvalue weighted by molar-refractivity contribution is 6.07. The van der Waals surface area contributed by atoms with Crippen molar-refractivity contribution in [2.45, 2.75) is 39.0 Å². The zero-order valence-electron chi connectivity index (χ0n) is 14.6. The van der Waals surface area contributed by atoms with Crippen molar-refractivity contribution in [1.82, 2.24) is 0 Å². The molecule has 0 radical (unpaired) electrons. The van der Waals surface area contributed by atoms with Gasteiger partial charge in [-0.25, -0.2) is 0 Å². The molecule has 4 heteroatoms. The number of hydrogen-bond acceptors (Lipinski definition) is 2. The van der Waals surface area contributed by atoms with E-state index in [0.29, 0.717) is 12.0 Å². The first-order chi connectivity index (χ1) is 12.2. The number of aryl methyl sites for hydroxylation is 1. The summed E-state index contributed by atoms with van der Waals surface area (Å²) >= 11 is 0. The zero-order valence-corrected chi connectivity index (χ0v) is 14.6. The highest BCUT2D eigenvalue weighted by Crippen LogP contribution is 2.31. The Morgan fingerprint density at radius 1 is 1.12 bits per heavy atom. The Morgan fingerprint density at radius 2 is 1.92 bits per heavy atom. The van der Waals surface area contributed by atoms with E-state index < -0.39 is 0 Å². The van der Waals surface area contributed by atoms with E-state index in [-0.39, 0.29) is 11.8 Å². The Kier molecular flexibility index (Phi) is 5.49. The summed E-state index contributed by atoms with van der Waals surface area (Å²) in [6, 6.07) is 15.2. The Labute approximate surface area is 148 Å². The van der Waals surface area contributed by atoms with Gasteiger partial charge in [0.2, 0.25) is 5.91 Å². The molecule has 0 saturated heterocycles. The average Bonchev–Trinajstić information content (AvgIpc) is 2.66. The molecule has 25 heavy (non-hydrogen) atoms. The smallest absolute Gasteiger partial charge is 0.258 e. The highest BCUT2D eigenvalue weighted by atomic mass is 16.2. The van der Waals surface area contributed by atoms with Crippen molar-refractivity contribution >= 4 is 23.2 Å². The average molecular weight is 336 g/mol. The van der Waals surface area contributed by atoms with Crippen LogP contribution in [0.3, 0.4) is 0 Å². The third-order valence-electron chi connectivity index (χ3n) is 4.51. The van der Waals surface area contributed by atoms with Gasteiger partial charge in [-0.15, -0.1) is 0 Å². The van der Waals surface area contributed by atoms with Crippen LogP contribution in [0.25, 0.3) is 0 Å². The highest BCUT2D eigenvalue weighted by Gasteiger charge is 2.23. The number of unbranched alkanes of at least 4 members (excludes halogenated alkanes) is 1. The van der Waals surface area contributed by atoms with Crippen LogP contribution in [0, 0.1) is 0 Å². The lowest BCUT2D eigenvalue weighted by Gasteiger charge is -2.30. The summed E-state index contributed by atoms with van der Waals surface area (Å²) in [4.78, 5) is 26.6. The van der Waals surface area contributed by atoms with E-state index in [9.17, 15) is 9.59 Å². The quantitative estimate of drug-likeness (QED) is 0.879. The number of nitrogens with one attached hydrogen (secondary N) is 1. The lowest BCUT2D eigenvalue weighted by atomic mass is 10.00. The lowest BCUT2D eigenvalue weighted by molar-refractivity contribution is -0.116. The fourth-order valence-corrected chi connectivity index (χ4v) is 3.18. The van der Waals surface area contributed by atoms with Crippen molar-refractivity contribution in [2.24, 2.45) is 0 Å². The van der Waals surface area contributed by atoms with Crippen molar-refractivity contribution < 1.29 is 9.59 Å². The van der Waals surface area contributed by atoms with Gasteiger partial charge in [-0.05, 0) is 55.2 Å². The second-order valence-electron chi connectivity index (χ2n) is 6.42. The molecule has 2 aromatic carbocycles. The molecule has 130 valence electrons. The molecule has 0 aromatic heterocycles. The van der Waals surface area contributed by atoms with Crippen molar-refractivity contribution in [1.29, 1.82) is 0 Å². The van der Waals surface area contributed by atoms with E-state index in [2.05, 4.69) is 12.2 Å². The van der Waals surface area contributed by atoms with Crippen LogP contribution in [0.4, 0.5) is 11.4 Å². The molecule has 3 rings (SSSR count). The minimum absolute atomic E-state index is 0.0290. The van der Waals surface area contributed by atoms with Gasteiger partial charge in [0, 0.05) is 29.9 Å². The van der Waals surface area contributed by atoms with E-state index in [0.717, 1.165) is 49.2 Å². The van der Waals surface area contributed by atoms with E-state index in [4.69, 9.17) is 0 Å². The topological polar surface area (TPSA) is 49.4 Å². The third kappa shape index (κ3) is 4.08. The molecule has 2 amide bonds. The second-order valence-corrected chi connectivity index (χ2v) is 6.42. The zero-order chi connectivity index (χ0) is 17.6. The Morgan fingerprint density at radius 3 is 2.68 bits per heavy atom. The predicted octanol–water partition coefficient (Wildman–Crippen LogP) is 4.41. The molecule has 0 fully saturated rings. The summed E-state index contributed by atoms with van der Waals surface area (Å²) in [6.07, 6.45) is 4.31. The Bertz CT molecular complexity index is 756. The lowest BCUT2D eigenvalue weighted by Crippen LogP contribution is -2.35. The van der Waals surface area contributed by atoms with Crippen molar-refractivity contribution in [3.05, 3.63) is 59.7 Å². The van der Waals surface area contributed by atoms with Gasteiger partial charge in [0.15, 0.2) is 0 Å². The number of fused-ring (bicyclic) bond motifs is 1. The van der Waals surface area contributed by atoms with E-state index in [1.807, 2.05) is 53.4 Å². The molecular weight excluding hydrogens is 312 g/mol. The fraction of sp³-hybridized carbons (Fsp3) is 0.333. The molecular formula is C21H24N2O2. The van der Waals surface area contributed by atoms with Crippen molar-refractivity contribution in [3.63, 3.8) is 0 Å². The molecule has 0 bridgehead atoms. The van der Waals surface area contributed by atoms with Gasteiger partial charge in [-0.3, -0.25) is 9.59 Å². The number of rotatable bonds is 5. The maximum atomic E-state index is 12.8. The molecule has 0 atom stereocenters. The number of hydrogen-bond donors (Lipinski definition) is 1. The van der Waals surface area contributed by atoms with Crippen LogP contribution in [0.1, 0.15) is 48.5 Å². The molecule has 2 aromatic rings. The molecule has 0 saturated carbocycles. The van der Waals surface area contributed by atoms with Crippen LogP contribution in [0.2, 0.25) is 0 Å². The largest absolute Gasteiger partial charge is 0.326 e. The van der Waals surface area contributed by atoms with Crippen molar-refractivity contribution in [2.75, 3.05) is 16.8 Å². The number of benzene rings is 2. The van der Waals surface area contributed by atoms with Gasteiger partial charge in [-0.1, -0.05) is 31.5 Å². The van der Waals surface area contributed by atoms with Gasteiger partial charge in [0.05, 0.1) is 0 Å². The second kappa shape index (κ2) is 7.97. The SMILES string of the molecule is CCCCC(=O)Nc1ccc2c(c1)CCCN2C(=O)c1ccccc1. The first kappa shape index (κ1) is 17.2. The molecule has 4 nitrogen and oxygen atoms in total. The summed E-state index contributed by atoms with van der Waals surface area (Å²) in [5.74, 6) is 0.0797. The third-order valence-corrected chi connectivity index (χ3v) is 4.51. The minimum Gasteiger partial charge on any atom is -0.326 e. The molecule has 1 N–H and O–H groups in total. The summed E-state index contributed by atoms with van der Waals surface area (Å²) < 4.78 is 0. The number of amides is 2. The van der Waals surface area contributed by atoms with Crippen LogP contribution in [-0.4, -0.2) is 18.4 Å². The number of carbonyl (C=O) groups excluding carboxylic acids is 2. The fourth-order valence-electron chi connectivity index (χ4n) is 3.18. The van der Waals surface area contributed by atoms with Gasteiger partial charge < -0.3 is 10.2 Å². The summed E-state index contributed by atoms with van der Waals surface area (Å²) in [5.41, 5.74) is 3.58. The predicted molar refractivity (Wildman–Crippen MR) is 101 cm³/mol. The summed E-state index contributed by atoms with van der Waals surface area (Å²) in [7, 11) is 0. The molecule has 1 aliphatic heterocycles. The number of anilines is 2. The van der Waals surface area contributed by atoms with Crippen LogP contribution in [0.15, 0.2) is 48.5 Å². The van der Waals surface area contributed by atoms with E-state index >= 15 is 0 Å². The normalized spacial score (nSPS) is 13.2. The Balaban J connectivity index is 1.78. The van der Waals surface area contributed by atoms with Crippen LogP contribution < -0.4 is 10.2 Å². The standard InChI is InChI=1S/C21H24N2O2/c1-2-3-11-20(24)22-18-12-13-19-17(15-18)10-7-14-23(19)21(25)16-8-5-4-6-9-16/h4-6,8-9,12-13,15H,2-3,7,10-11,14H2,1H3,(H,22,24). The van der Waals surface area contributed by atoms with E-state index in [1.54, 1.807) is 0 Å². The van der Waals surface area contributed by atoms with Crippen LogP contribution >= 0.6 is 0 Å². The number of carbonyl (C=O) groups is 2. The van der Waals surface area contributed by atoms with Gasteiger partial charge in [0.25, 0.3) is 5.91 Å². The van der Waals surface area contributed by atoms with Gasteiger partial charge in [-0.2, -0.15) is 0 Å². The van der Waals surface area contributed by atoms with Crippen molar-refractivity contribution in [3.8, 4) is 0 Å². The monoisotopic (exact) mass is 336 g/mol. The number of nitrogens with zero attached hydrogens (tertiary/aromatic N) is 1. The molecule has 0 aliphatic carbocycles. The van der Waals surface area contributed by atoms with Crippen LogP contribution in [0.5, 0.6) is 0 Å². The maximum Gasteiger partial charge on any atom is 0.258 e. The van der Waals surface area contributed by atoms with Gasteiger partial charge in [0.1, 0.15) is 0 Å². The van der Waals surface area contributed by atoms with Crippen LogP contribution in [-0.2, 0) is 11.2 Å². The molecule has 0 spiro atoms. The molecule has 0 unspecified atom stereocenters. The first-order valence-electron chi connectivity index (χ1n) is 8.98. The Hall–Kier alpha value is -2.62. The maximum absolute atomic E-state index is 12.8. The minimum atomic E-state index is 0.0290. The summed E-state index contributed by atoms with van der Waals surface area (Å²) in [6.45, 7) is 2.80. The summed E-state index contributed by atoms with van der Waals surface area (Å²) in [5, 5.41) is 2.96. The van der Waals surface area contributed by atoms with E-state index in [1.165, 1.54) is 0 Å². The molecule has 1 heterocycles. The van der Waals surface area contributed by atoms with Gasteiger partial charge >= 0.3 is 0 Å². The molecule has 1 aliphatic rings. The first-order valence-corrected chi connectivity index (χ1v) is 8.98.